The minimum Gasteiger partial charge on any atom is -0.348 e. The maximum atomic E-state index is 12.3. The van der Waals surface area contributed by atoms with Crippen molar-refractivity contribution in [3.63, 3.8) is 0 Å². The number of nitrogens with one attached hydrogen (secondary N) is 1. The topological polar surface area (TPSA) is 115 Å². The molecule has 2 rings (SSSR count). The minimum atomic E-state index is -0.780. The van der Waals surface area contributed by atoms with Gasteiger partial charge in [-0.25, -0.2) is 0 Å². The van der Waals surface area contributed by atoms with E-state index in [4.69, 9.17) is 11.6 Å². The lowest BCUT2D eigenvalue weighted by Crippen LogP contribution is -2.24. The summed E-state index contributed by atoms with van der Waals surface area (Å²) in [5, 5.41) is 25.0. The van der Waals surface area contributed by atoms with Crippen LogP contribution in [-0.4, -0.2) is 15.8 Å². The first kappa shape index (κ1) is 17.4. The highest BCUT2D eigenvalue weighted by Gasteiger charge is 2.24. The van der Waals surface area contributed by atoms with Gasteiger partial charge in [-0.15, -0.1) is 0 Å². The monoisotopic (exact) mass is 349 g/mol. The van der Waals surface area contributed by atoms with Crippen molar-refractivity contribution in [3.8, 4) is 0 Å². The Hall–Kier alpha value is -3.00. The fourth-order valence-electron chi connectivity index (χ4n) is 2.13. The Labute approximate surface area is 141 Å². The smallest absolute Gasteiger partial charge is 0.279 e. The normalized spacial score (nSPS) is 10.2. The number of nitrogens with zero attached hydrogens (tertiary/aromatic N) is 2. The first-order valence-corrected chi connectivity index (χ1v) is 7.14. The number of carbonyl (C=O) groups excluding carboxylic acids is 1. The van der Waals surface area contributed by atoms with Crippen molar-refractivity contribution in [2.45, 2.75) is 13.5 Å². The van der Waals surface area contributed by atoms with Crippen molar-refractivity contribution < 1.29 is 14.6 Å². The second-order valence-corrected chi connectivity index (χ2v) is 5.33. The number of carbonyl (C=O) groups is 1. The Morgan fingerprint density at radius 3 is 2.42 bits per heavy atom. The van der Waals surface area contributed by atoms with Gasteiger partial charge in [0.2, 0.25) is 0 Å². The van der Waals surface area contributed by atoms with E-state index < -0.39 is 27.1 Å². The molecule has 1 amide bonds. The number of hydrogen-bond acceptors (Lipinski definition) is 5. The maximum Gasteiger partial charge on any atom is 0.279 e. The lowest BCUT2D eigenvalue weighted by Gasteiger charge is -2.09. The van der Waals surface area contributed by atoms with E-state index in [1.54, 1.807) is 24.3 Å². The summed E-state index contributed by atoms with van der Waals surface area (Å²) in [7, 11) is 0. The van der Waals surface area contributed by atoms with Gasteiger partial charge in [-0.2, -0.15) is 0 Å². The Morgan fingerprint density at radius 2 is 1.83 bits per heavy atom. The third-order valence-corrected chi connectivity index (χ3v) is 3.78. The Kier molecular flexibility index (Phi) is 5.10. The molecule has 1 N–H and O–H groups in total. The van der Waals surface area contributed by atoms with E-state index in [9.17, 15) is 25.0 Å². The van der Waals surface area contributed by atoms with Crippen molar-refractivity contribution in [1.82, 2.24) is 5.32 Å². The molecular weight excluding hydrogens is 338 g/mol. The molecule has 0 unspecified atom stereocenters. The lowest BCUT2D eigenvalue weighted by atomic mass is 10.0. The Morgan fingerprint density at radius 1 is 1.17 bits per heavy atom. The molecule has 0 aliphatic rings. The van der Waals surface area contributed by atoms with Gasteiger partial charge in [-0.1, -0.05) is 29.8 Å². The number of amides is 1. The first-order valence-electron chi connectivity index (χ1n) is 6.76. The molecule has 0 spiro atoms. The summed E-state index contributed by atoms with van der Waals surface area (Å²) >= 11 is 5.99. The quantitative estimate of drug-likeness (QED) is 0.656. The fraction of sp³-hybridized carbons (Fsp3) is 0.133. The highest BCUT2D eigenvalue weighted by atomic mass is 35.5. The number of non-ortho nitro benzene ring substituents is 1. The largest absolute Gasteiger partial charge is 0.348 e. The van der Waals surface area contributed by atoms with Gasteiger partial charge in [-0.3, -0.25) is 25.0 Å². The van der Waals surface area contributed by atoms with Crippen LogP contribution in [0.2, 0.25) is 5.02 Å². The second kappa shape index (κ2) is 7.05. The van der Waals surface area contributed by atoms with Crippen LogP contribution in [0.4, 0.5) is 11.4 Å². The van der Waals surface area contributed by atoms with E-state index in [0.29, 0.717) is 10.6 Å². The summed E-state index contributed by atoms with van der Waals surface area (Å²) in [6, 6.07) is 8.71. The van der Waals surface area contributed by atoms with Crippen molar-refractivity contribution in [2.24, 2.45) is 0 Å². The molecule has 0 saturated heterocycles. The summed E-state index contributed by atoms with van der Waals surface area (Å²) in [6.45, 7) is 1.46. The molecule has 8 nitrogen and oxygen atoms in total. The van der Waals surface area contributed by atoms with Crippen LogP contribution < -0.4 is 5.32 Å². The molecule has 2 aromatic carbocycles. The molecule has 9 heteroatoms. The summed E-state index contributed by atoms with van der Waals surface area (Å²) < 4.78 is 0. The predicted octanol–water partition coefficient (Wildman–Crippen LogP) is 3.39. The molecule has 0 aliphatic carbocycles. The van der Waals surface area contributed by atoms with Gasteiger partial charge in [0.1, 0.15) is 0 Å². The molecule has 0 atom stereocenters. The van der Waals surface area contributed by atoms with Crippen molar-refractivity contribution >= 4 is 28.9 Å². The molecular formula is C15H12ClN3O5. The van der Waals surface area contributed by atoms with Crippen LogP contribution in [-0.2, 0) is 6.54 Å². The zero-order valence-electron chi connectivity index (χ0n) is 12.5. The molecule has 0 aromatic heterocycles. The van der Waals surface area contributed by atoms with Gasteiger partial charge in [0.05, 0.1) is 21.5 Å². The van der Waals surface area contributed by atoms with Crippen molar-refractivity contribution in [2.75, 3.05) is 0 Å². The van der Waals surface area contributed by atoms with Crippen molar-refractivity contribution in [1.29, 1.82) is 0 Å². The van der Waals surface area contributed by atoms with Crippen LogP contribution in [0, 0.1) is 27.2 Å². The van der Waals surface area contributed by atoms with Gasteiger partial charge in [-0.05, 0) is 18.6 Å². The zero-order chi connectivity index (χ0) is 17.9. The Balaban J connectivity index is 2.33. The number of hydrogen-bond donors (Lipinski definition) is 1. The van der Waals surface area contributed by atoms with Gasteiger partial charge in [0, 0.05) is 23.2 Å². The number of rotatable bonds is 5. The zero-order valence-corrected chi connectivity index (χ0v) is 13.2. The van der Waals surface area contributed by atoms with E-state index in [1.807, 2.05) is 0 Å². The van der Waals surface area contributed by atoms with Gasteiger partial charge < -0.3 is 5.32 Å². The van der Waals surface area contributed by atoms with Crippen molar-refractivity contribution in [3.05, 3.63) is 78.3 Å². The first-order chi connectivity index (χ1) is 11.3. The molecule has 0 bridgehead atoms. The average molecular weight is 350 g/mol. The molecule has 0 radical (unpaired) electrons. The van der Waals surface area contributed by atoms with Gasteiger partial charge in [0.25, 0.3) is 17.3 Å². The minimum absolute atomic E-state index is 0.0576. The molecule has 0 saturated carbocycles. The van der Waals surface area contributed by atoms with Gasteiger partial charge in [0.15, 0.2) is 0 Å². The maximum absolute atomic E-state index is 12.3. The summed E-state index contributed by atoms with van der Waals surface area (Å²) in [4.78, 5) is 32.7. The molecule has 24 heavy (non-hydrogen) atoms. The fourth-order valence-corrected chi connectivity index (χ4v) is 2.33. The molecule has 0 fully saturated rings. The van der Waals surface area contributed by atoms with E-state index in [0.717, 1.165) is 12.1 Å². The SMILES string of the molecule is Cc1c(C(=O)NCc2ccccc2Cl)cc([N+](=O)[O-])cc1[N+](=O)[O-]. The van der Waals surface area contributed by atoms with E-state index in [2.05, 4.69) is 5.32 Å². The van der Waals surface area contributed by atoms with Gasteiger partial charge >= 0.3 is 0 Å². The second-order valence-electron chi connectivity index (χ2n) is 4.93. The van der Waals surface area contributed by atoms with Crippen LogP contribution >= 0.6 is 11.6 Å². The third kappa shape index (κ3) is 3.66. The average Bonchev–Trinajstić information content (AvgIpc) is 2.53. The number of nitro groups is 2. The molecule has 0 heterocycles. The van der Waals surface area contributed by atoms with Crippen LogP contribution in [0.3, 0.4) is 0 Å². The summed E-state index contributed by atoms with van der Waals surface area (Å²) in [5.41, 5.74) is -0.405. The molecule has 2 aromatic rings. The number of benzene rings is 2. The van der Waals surface area contributed by atoms with E-state index in [-0.39, 0.29) is 17.7 Å². The van der Waals surface area contributed by atoms with Crippen LogP contribution in [0.15, 0.2) is 36.4 Å². The van der Waals surface area contributed by atoms with Crippen LogP contribution in [0.5, 0.6) is 0 Å². The number of halogens is 1. The van der Waals surface area contributed by atoms with Crippen LogP contribution in [0.25, 0.3) is 0 Å². The summed E-state index contributed by atoms with van der Waals surface area (Å²) in [5.74, 6) is -0.654. The van der Waals surface area contributed by atoms with Crippen LogP contribution in [0.1, 0.15) is 21.5 Å². The number of nitro benzene ring substituents is 2. The third-order valence-electron chi connectivity index (χ3n) is 3.41. The van der Waals surface area contributed by atoms with E-state index in [1.165, 1.54) is 6.92 Å². The summed E-state index contributed by atoms with van der Waals surface area (Å²) in [6.07, 6.45) is 0. The molecule has 124 valence electrons. The molecule has 0 aliphatic heterocycles. The highest BCUT2D eigenvalue weighted by Crippen LogP contribution is 2.28. The lowest BCUT2D eigenvalue weighted by molar-refractivity contribution is -0.394. The highest BCUT2D eigenvalue weighted by molar-refractivity contribution is 6.31. The Bertz CT molecular complexity index is 838. The predicted molar refractivity (Wildman–Crippen MR) is 87.1 cm³/mol. The standard InChI is InChI=1S/C15H12ClN3O5/c1-9-12(6-11(18(21)22)7-14(9)19(23)24)15(20)17-8-10-4-2-3-5-13(10)16/h2-7H,8H2,1H3,(H,17,20). The van der Waals surface area contributed by atoms with E-state index >= 15 is 0 Å².